The van der Waals surface area contributed by atoms with E-state index in [4.69, 9.17) is 5.73 Å². The number of nitrogen functional groups attached to an aromatic ring is 1. The zero-order valence-electron chi connectivity index (χ0n) is 9.54. The Balaban J connectivity index is 2.37. The predicted octanol–water partition coefficient (Wildman–Crippen LogP) is 3.30. The lowest BCUT2D eigenvalue weighted by molar-refractivity contribution is 0.567. The lowest BCUT2D eigenvalue weighted by Crippen LogP contribution is -2.02. The van der Waals surface area contributed by atoms with Crippen molar-refractivity contribution in [2.24, 2.45) is 5.92 Å². The number of nitrogens with two attached hydrogens (primary N) is 1. The largest absolute Gasteiger partial charge is 0.382 e. The molecule has 3 nitrogen and oxygen atoms in total. The minimum absolute atomic E-state index is 0.652. The van der Waals surface area contributed by atoms with E-state index in [9.17, 15) is 0 Å². The number of nitrogens with one attached hydrogen (secondary N) is 1. The molecule has 0 atom stereocenters. The third-order valence-electron chi connectivity index (χ3n) is 2.12. The zero-order chi connectivity index (χ0) is 11.3. The second-order valence-corrected chi connectivity index (χ2v) is 5.48. The molecule has 0 amide bonds. The summed E-state index contributed by atoms with van der Waals surface area (Å²) in [4.78, 5) is 1.09. The Hall–Kier alpha value is -0.420. The Morgan fingerprint density at radius 1 is 1.53 bits per heavy atom. The van der Waals surface area contributed by atoms with E-state index in [2.05, 4.69) is 23.5 Å². The monoisotopic (exact) mass is 245 g/mol. The van der Waals surface area contributed by atoms with E-state index in [-0.39, 0.29) is 0 Å². The number of nitrogens with zero attached hydrogens (tertiary/aromatic N) is 1. The molecule has 1 aromatic rings. The highest BCUT2D eigenvalue weighted by molar-refractivity contribution is 7.99. The van der Waals surface area contributed by atoms with E-state index in [1.54, 1.807) is 11.8 Å². The van der Waals surface area contributed by atoms with E-state index >= 15 is 0 Å². The summed E-state index contributed by atoms with van der Waals surface area (Å²) in [5.41, 5.74) is 5.74. The fourth-order valence-corrected chi connectivity index (χ4v) is 2.88. The molecule has 0 aliphatic rings. The predicted molar refractivity (Wildman–Crippen MR) is 70.9 cm³/mol. The molecular formula is C10H19N3S2. The van der Waals surface area contributed by atoms with Crippen LogP contribution in [0.3, 0.4) is 0 Å². The molecule has 5 heteroatoms. The topological polar surface area (TPSA) is 50.9 Å². The van der Waals surface area contributed by atoms with Gasteiger partial charge in [-0.05, 0) is 36.5 Å². The van der Waals surface area contributed by atoms with Crippen LogP contribution in [0, 0.1) is 5.92 Å². The number of aromatic nitrogens is 1. The molecule has 0 radical (unpaired) electrons. The lowest BCUT2D eigenvalue weighted by Gasteiger charge is -2.06. The molecule has 0 saturated carbocycles. The first-order valence-electron chi connectivity index (χ1n) is 5.18. The molecule has 15 heavy (non-hydrogen) atoms. The van der Waals surface area contributed by atoms with Crippen molar-refractivity contribution >= 4 is 34.1 Å². The molecule has 0 fully saturated rings. The molecule has 0 aliphatic carbocycles. The Bertz CT molecular complexity index is 297. The summed E-state index contributed by atoms with van der Waals surface area (Å²) < 4.78 is 4.14. The summed E-state index contributed by atoms with van der Waals surface area (Å²) in [5, 5.41) is 4.51. The zero-order valence-corrected chi connectivity index (χ0v) is 11.2. The minimum Gasteiger partial charge on any atom is -0.382 e. The smallest absolute Gasteiger partial charge is 0.153 e. The molecule has 0 saturated heterocycles. The Morgan fingerprint density at radius 3 is 2.87 bits per heavy atom. The van der Waals surface area contributed by atoms with Crippen LogP contribution in [0.1, 0.15) is 26.7 Å². The van der Waals surface area contributed by atoms with E-state index < -0.39 is 0 Å². The fraction of sp³-hybridized carbons (Fsp3) is 0.700. The summed E-state index contributed by atoms with van der Waals surface area (Å²) >= 11 is 3.11. The number of hydrogen-bond acceptors (Lipinski definition) is 5. The third kappa shape index (κ3) is 3.91. The van der Waals surface area contributed by atoms with Gasteiger partial charge in [0.1, 0.15) is 5.00 Å². The Labute approximate surface area is 100.0 Å². The molecule has 0 bridgehead atoms. The van der Waals surface area contributed by atoms with Crippen molar-refractivity contribution < 1.29 is 0 Å². The van der Waals surface area contributed by atoms with Crippen molar-refractivity contribution in [2.75, 3.05) is 23.9 Å². The van der Waals surface area contributed by atoms with Gasteiger partial charge in [0.15, 0.2) is 5.82 Å². The molecule has 0 aliphatic heterocycles. The minimum atomic E-state index is 0.652. The van der Waals surface area contributed by atoms with Crippen LogP contribution < -0.4 is 11.1 Å². The molecule has 3 N–H and O–H groups in total. The SMILES string of the molecule is CSc1c(N)nsc1NCCCC(C)C. The van der Waals surface area contributed by atoms with Gasteiger partial charge in [0.25, 0.3) is 0 Å². The average molecular weight is 245 g/mol. The number of hydrogen-bond donors (Lipinski definition) is 2. The molecule has 1 heterocycles. The standard InChI is InChI=1S/C10H19N3S2/c1-7(2)5-4-6-12-10-8(14-3)9(11)13-15-10/h7,12H,4-6H2,1-3H3,(H2,11,13). The number of anilines is 2. The number of rotatable bonds is 6. The molecule has 0 spiro atoms. The first-order valence-corrected chi connectivity index (χ1v) is 7.18. The van der Waals surface area contributed by atoms with Crippen molar-refractivity contribution in [3.63, 3.8) is 0 Å². The fourth-order valence-electron chi connectivity index (χ4n) is 1.32. The van der Waals surface area contributed by atoms with Gasteiger partial charge in [0.2, 0.25) is 0 Å². The second kappa shape index (κ2) is 6.23. The van der Waals surface area contributed by atoms with Gasteiger partial charge >= 0.3 is 0 Å². The van der Waals surface area contributed by atoms with Gasteiger partial charge in [0.05, 0.1) is 4.90 Å². The van der Waals surface area contributed by atoms with Crippen LogP contribution in [0.15, 0.2) is 4.90 Å². The summed E-state index contributed by atoms with van der Waals surface area (Å²) in [5.74, 6) is 1.43. The molecule has 0 aromatic carbocycles. The Morgan fingerprint density at radius 2 is 2.27 bits per heavy atom. The van der Waals surface area contributed by atoms with E-state index in [0.717, 1.165) is 22.4 Å². The summed E-state index contributed by atoms with van der Waals surface area (Å²) in [6, 6.07) is 0. The highest BCUT2D eigenvalue weighted by Crippen LogP contribution is 2.34. The van der Waals surface area contributed by atoms with Crippen LogP contribution in [-0.2, 0) is 0 Å². The van der Waals surface area contributed by atoms with Crippen LogP contribution in [0.2, 0.25) is 0 Å². The first kappa shape index (κ1) is 12.6. The lowest BCUT2D eigenvalue weighted by atomic mass is 10.1. The van der Waals surface area contributed by atoms with Crippen LogP contribution >= 0.6 is 23.3 Å². The third-order valence-corrected chi connectivity index (χ3v) is 3.89. The summed E-state index contributed by atoms with van der Waals surface area (Å²) in [7, 11) is 0. The van der Waals surface area contributed by atoms with Crippen molar-refractivity contribution in [1.82, 2.24) is 4.37 Å². The van der Waals surface area contributed by atoms with Gasteiger partial charge in [0, 0.05) is 6.54 Å². The van der Waals surface area contributed by atoms with Gasteiger partial charge in [-0.3, -0.25) is 0 Å². The highest BCUT2D eigenvalue weighted by atomic mass is 32.2. The van der Waals surface area contributed by atoms with Crippen LogP contribution in [-0.4, -0.2) is 17.2 Å². The van der Waals surface area contributed by atoms with Crippen molar-refractivity contribution in [3.8, 4) is 0 Å². The van der Waals surface area contributed by atoms with E-state index in [1.807, 2.05) is 6.26 Å². The number of thioether (sulfide) groups is 1. The second-order valence-electron chi connectivity index (χ2n) is 3.89. The molecule has 1 rings (SSSR count). The average Bonchev–Trinajstić information content (AvgIpc) is 2.53. The van der Waals surface area contributed by atoms with Gasteiger partial charge in [-0.2, -0.15) is 4.37 Å². The van der Waals surface area contributed by atoms with Gasteiger partial charge in [-0.1, -0.05) is 13.8 Å². The van der Waals surface area contributed by atoms with Crippen LogP contribution in [0.25, 0.3) is 0 Å². The van der Waals surface area contributed by atoms with Gasteiger partial charge in [-0.25, -0.2) is 0 Å². The summed E-state index contributed by atoms with van der Waals surface area (Å²) in [6.07, 6.45) is 4.48. The molecule has 0 unspecified atom stereocenters. The maximum absolute atomic E-state index is 5.74. The van der Waals surface area contributed by atoms with Crippen molar-refractivity contribution in [1.29, 1.82) is 0 Å². The van der Waals surface area contributed by atoms with Crippen LogP contribution in [0.5, 0.6) is 0 Å². The first-order chi connectivity index (χ1) is 7.15. The quantitative estimate of drug-likeness (QED) is 0.596. The normalized spacial score (nSPS) is 10.9. The van der Waals surface area contributed by atoms with Gasteiger partial charge < -0.3 is 11.1 Å². The Kier molecular flexibility index (Phi) is 5.25. The highest BCUT2D eigenvalue weighted by Gasteiger charge is 2.09. The van der Waals surface area contributed by atoms with Gasteiger partial charge in [-0.15, -0.1) is 11.8 Å². The maximum Gasteiger partial charge on any atom is 0.153 e. The van der Waals surface area contributed by atoms with E-state index in [1.165, 1.54) is 24.4 Å². The van der Waals surface area contributed by atoms with Crippen molar-refractivity contribution in [3.05, 3.63) is 0 Å². The van der Waals surface area contributed by atoms with Crippen molar-refractivity contribution in [2.45, 2.75) is 31.6 Å². The van der Waals surface area contributed by atoms with Crippen LogP contribution in [0.4, 0.5) is 10.8 Å². The molecule has 1 aromatic heterocycles. The summed E-state index contributed by atoms with van der Waals surface area (Å²) in [6.45, 7) is 5.50. The molecule has 86 valence electrons. The maximum atomic E-state index is 5.74. The molecular weight excluding hydrogens is 226 g/mol. The van der Waals surface area contributed by atoms with E-state index in [0.29, 0.717) is 5.82 Å².